The van der Waals surface area contributed by atoms with E-state index >= 15 is 0 Å². The lowest BCUT2D eigenvalue weighted by molar-refractivity contribution is 0.0694. The molecule has 2 N–H and O–H groups in total. The third-order valence-electron chi connectivity index (χ3n) is 5.11. The molecular weight excluding hydrogens is 390 g/mol. The molecule has 2 aromatic carbocycles. The first-order valence-electron chi connectivity index (χ1n) is 10.5. The van der Waals surface area contributed by atoms with E-state index in [-0.39, 0.29) is 5.56 Å². The Kier molecular flexibility index (Phi) is 7.60. The molecule has 6 nitrogen and oxygen atoms in total. The molecule has 0 aliphatic carbocycles. The number of ether oxygens (including phenoxy) is 1. The summed E-state index contributed by atoms with van der Waals surface area (Å²) in [5.74, 6) is 0.706. The van der Waals surface area contributed by atoms with Gasteiger partial charge in [0.15, 0.2) is 0 Å². The van der Waals surface area contributed by atoms with Crippen molar-refractivity contribution in [1.82, 2.24) is 9.97 Å². The Morgan fingerprint density at radius 2 is 1.90 bits per heavy atom. The lowest BCUT2D eigenvalue weighted by Crippen LogP contribution is -2.16. The zero-order chi connectivity index (χ0) is 22.2. The quantitative estimate of drug-likeness (QED) is 0.456. The minimum atomic E-state index is -1.02. The first-order chi connectivity index (χ1) is 14.9. The molecule has 3 rings (SSSR count). The van der Waals surface area contributed by atoms with Gasteiger partial charge in [-0.3, -0.25) is 0 Å². The number of hydrogen-bond donors (Lipinski definition) is 2. The fourth-order valence-electron chi connectivity index (χ4n) is 3.23. The molecule has 1 heterocycles. The van der Waals surface area contributed by atoms with E-state index in [1.807, 2.05) is 37.3 Å². The summed E-state index contributed by atoms with van der Waals surface area (Å²) in [4.78, 5) is 20.2. The van der Waals surface area contributed by atoms with Crippen LogP contribution in [0.25, 0.3) is 0 Å². The molecule has 0 radical (unpaired) electrons. The number of carboxylic acid groups (broad SMARTS) is 1. The first-order valence-corrected chi connectivity index (χ1v) is 10.5. The highest BCUT2D eigenvalue weighted by molar-refractivity contribution is 5.88. The number of hydrogen-bond acceptors (Lipinski definition) is 5. The van der Waals surface area contributed by atoms with Gasteiger partial charge in [-0.2, -0.15) is 0 Å². The molecular formula is C25H29N3O3. The Morgan fingerprint density at radius 3 is 2.61 bits per heavy atom. The molecule has 1 aromatic heterocycles. The average Bonchev–Trinajstić information content (AvgIpc) is 2.76. The predicted molar refractivity (Wildman–Crippen MR) is 122 cm³/mol. The van der Waals surface area contributed by atoms with Crippen molar-refractivity contribution in [3.8, 4) is 5.75 Å². The van der Waals surface area contributed by atoms with Crippen LogP contribution in [0.1, 0.15) is 52.5 Å². The minimum absolute atomic E-state index is 0.138. The molecule has 0 bridgehead atoms. The normalized spacial score (nSPS) is 10.8. The zero-order valence-electron chi connectivity index (χ0n) is 18.3. The lowest BCUT2D eigenvalue weighted by Gasteiger charge is -2.13. The molecule has 0 spiro atoms. The third kappa shape index (κ3) is 6.28. The molecule has 0 saturated carbocycles. The Balaban J connectivity index is 1.60. The van der Waals surface area contributed by atoms with Crippen LogP contribution in [-0.4, -0.2) is 34.2 Å². The average molecular weight is 420 g/mol. The van der Waals surface area contributed by atoms with Gasteiger partial charge in [0.25, 0.3) is 0 Å². The summed E-state index contributed by atoms with van der Waals surface area (Å²) in [6, 6.07) is 16.2. The van der Waals surface area contributed by atoms with Crippen molar-refractivity contribution < 1.29 is 14.6 Å². The summed E-state index contributed by atoms with van der Waals surface area (Å²) in [7, 11) is 0. The van der Waals surface area contributed by atoms with Crippen LogP contribution in [0.3, 0.4) is 0 Å². The van der Waals surface area contributed by atoms with E-state index in [9.17, 15) is 9.90 Å². The number of nitrogens with zero attached hydrogens (tertiary/aromatic N) is 2. The highest BCUT2D eigenvalue weighted by Gasteiger charge is 2.14. The molecule has 0 unspecified atom stereocenters. The number of aromatic nitrogens is 2. The number of rotatable bonds is 10. The van der Waals surface area contributed by atoms with E-state index in [0.717, 1.165) is 16.9 Å². The Bertz CT molecular complexity index is 1020. The standard InChI is InChI=1S/C25H29N3O3/c1-17(2)20-11-9-18(3)23(15-20)31-14-13-26-25-27-16-21(24(29)30)22(28-25)12-10-19-7-5-4-6-8-19/h4-9,11,15-17H,10,12-14H2,1-3H3,(H,29,30)(H,26,27,28). The summed E-state index contributed by atoms with van der Waals surface area (Å²) < 4.78 is 5.93. The first kappa shape index (κ1) is 22.3. The summed E-state index contributed by atoms with van der Waals surface area (Å²) >= 11 is 0. The van der Waals surface area contributed by atoms with Crippen molar-refractivity contribution in [2.75, 3.05) is 18.5 Å². The largest absolute Gasteiger partial charge is 0.491 e. The maximum atomic E-state index is 11.5. The van der Waals surface area contributed by atoms with Crippen LogP contribution in [0.5, 0.6) is 5.75 Å². The molecule has 31 heavy (non-hydrogen) atoms. The molecule has 162 valence electrons. The molecule has 0 aliphatic rings. The maximum Gasteiger partial charge on any atom is 0.339 e. The van der Waals surface area contributed by atoms with Crippen molar-refractivity contribution in [2.24, 2.45) is 0 Å². The Morgan fingerprint density at radius 1 is 1.13 bits per heavy atom. The van der Waals surface area contributed by atoms with Gasteiger partial charge in [-0.05, 0) is 48.4 Å². The summed E-state index contributed by atoms with van der Waals surface area (Å²) in [6.45, 7) is 7.30. The highest BCUT2D eigenvalue weighted by atomic mass is 16.5. The fourth-order valence-corrected chi connectivity index (χ4v) is 3.23. The van der Waals surface area contributed by atoms with Gasteiger partial charge in [0.05, 0.1) is 17.8 Å². The van der Waals surface area contributed by atoms with Crippen molar-refractivity contribution in [1.29, 1.82) is 0 Å². The number of carbonyl (C=O) groups is 1. The van der Waals surface area contributed by atoms with Crippen molar-refractivity contribution in [3.05, 3.63) is 82.7 Å². The number of aromatic carboxylic acids is 1. The van der Waals surface area contributed by atoms with Crippen molar-refractivity contribution >= 4 is 11.9 Å². The van der Waals surface area contributed by atoms with Crippen LogP contribution in [0.15, 0.2) is 54.7 Å². The van der Waals surface area contributed by atoms with E-state index in [4.69, 9.17) is 4.74 Å². The molecule has 6 heteroatoms. The Labute approximate surface area is 183 Å². The Hall–Kier alpha value is -3.41. The summed E-state index contributed by atoms with van der Waals surface area (Å²) in [6.07, 6.45) is 2.61. The molecule has 0 atom stereocenters. The molecule has 0 fully saturated rings. The highest BCUT2D eigenvalue weighted by Crippen LogP contribution is 2.24. The number of carboxylic acids is 1. The van der Waals surface area contributed by atoms with Gasteiger partial charge in [-0.25, -0.2) is 14.8 Å². The number of benzene rings is 2. The van der Waals surface area contributed by atoms with Gasteiger partial charge in [0.2, 0.25) is 5.95 Å². The second-order valence-electron chi connectivity index (χ2n) is 7.80. The van der Waals surface area contributed by atoms with Crippen molar-refractivity contribution in [3.63, 3.8) is 0 Å². The monoisotopic (exact) mass is 419 g/mol. The van der Waals surface area contributed by atoms with Crippen LogP contribution in [0.4, 0.5) is 5.95 Å². The van der Waals surface area contributed by atoms with Gasteiger partial charge < -0.3 is 15.2 Å². The van der Waals surface area contributed by atoms with E-state index in [2.05, 4.69) is 47.3 Å². The van der Waals surface area contributed by atoms with Crippen molar-refractivity contribution in [2.45, 2.75) is 39.5 Å². The van der Waals surface area contributed by atoms with E-state index in [1.54, 1.807) is 0 Å². The lowest BCUT2D eigenvalue weighted by atomic mass is 10.0. The van der Waals surface area contributed by atoms with Crippen LogP contribution < -0.4 is 10.1 Å². The summed E-state index contributed by atoms with van der Waals surface area (Å²) in [5.41, 5.74) is 4.13. The predicted octanol–water partition coefficient (Wildman–Crippen LogP) is 4.88. The van der Waals surface area contributed by atoms with Crippen LogP contribution >= 0.6 is 0 Å². The van der Waals surface area contributed by atoms with E-state index in [0.29, 0.717) is 43.6 Å². The number of nitrogens with one attached hydrogen (secondary N) is 1. The minimum Gasteiger partial charge on any atom is -0.491 e. The van der Waals surface area contributed by atoms with Gasteiger partial charge in [0, 0.05) is 6.20 Å². The molecule has 0 amide bonds. The topological polar surface area (TPSA) is 84.3 Å². The molecule has 3 aromatic rings. The van der Waals surface area contributed by atoms with Gasteiger partial charge in [-0.1, -0.05) is 56.3 Å². The molecule has 0 saturated heterocycles. The van der Waals surface area contributed by atoms with Gasteiger partial charge in [0.1, 0.15) is 12.4 Å². The van der Waals surface area contributed by atoms with Crippen LogP contribution in [0.2, 0.25) is 0 Å². The summed E-state index contributed by atoms with van der Waals surface area (Å²) in [5, 5.41) is 12.6. The second kappa shape index (κ2) is 10.6. The zero-order valence-corrected chi connectivity index (χ0v) is 18.3. The fraction of sp³-hybridized carbons (Fsp3) is 0.320. The van der Waals surface area contributed by atoms with Gasteiger partial charge >= 0.3 is 5.97 Å². The van der Waals surface area contributed by atoms with Crippen LogP contribution in [0, 0.1) is 6.92 Å². The van der Waals surface area contributed by atoms with Gasteiger partial charge in [-0.15, -0.1) is 0 Å². The number of anilines is 1. The van der Waals surface area contributed by atoms with E-state index < -0.39 is 5.97 Å². The number of aryl methyl sites for hydroxylation is 3. The molecule has 0 aliphatic heterocycles. The smallest absolute Gasteiger partial charge is 0.339 e. The third-order valence-corrected chi connectivity index (χ3v) is 5.11. The maximum absolute atomic E-state index is 11.5. The second-order valence-corrected chi connectivity index (χ2v) is 7.80. The SMILES string of the molecule is Cc1ccc(C(C)C)cc1OCCNc1ncc(C(=O)O)c(CCc2ccccc2)n1. The van der Waals surface area contributed by atoms with Crippen LogP contribution in [-0.2, 0) is 12.8 Å². The van der Waals surface area contributed by atoms with E-state index in [1.165, 1.54) is 11.8 Å².